The van der Waals surface area contributed by atoms with Crippen molar-refractivity contribution in [2.24, 2.45) is 0 Å². The van der Waals surface area contributed by atoms with Crippen LogP contribution >= 0.6 is 0 Å². The van der Waals surface area contributed by atoms with Gasteiger partial charge >= 0.3 is 0 Å². The minimum absolute atomic E-state index is 0.461. The van der Waals surface area contributed by atoms with Gasteiger partial charge in [-0.2, -0.15) is 4.98 Å². The molecule has 6 nitrogen and oxygen atoms in total. The van der Waals surface area contributed by atoms with Crippen molar-refractivity contribution in [2.45, 2.75) is 57.7 Å². The predicted molar refractivity (Wildman–Crippen MR) is 142 cm³/mol. The molecular weight excluding hydrogens is 434 g/mol. The predicted octanol–water partition coefficient (Wildman–Crippen LogP) is 5.51. The molecule has 0 saturated carbocycles. The van der Waals surface area contributed by atoms with Gasteiger partial charge in [-0.25, -0.2) is 4.98 Å². The van der Waals surface area contributed by atoms with Crippen molar-refractivity contribution < 1.29 is 4.74 Å². The van der Waals surface area contributed by atoms with E-state index < -0.39 is 0 Å². The van der Waals surface area contributed by atoms with E-state index in [4.69, 9.17) is 9.72 Å². The summed E-state index contributed by atoms with van der Waals surface area (Å²) < 4.78 is 6.21. The summed E-state index contributed by atoms with van der Waals surface area (Å²) in [6.07, 6.45) is 9.44. The third kappa shape index (κ3) is 6.51. The Morgan fingerprint density at radius 1 is 0.857 bits per heavy atom. The maximum absolute atomic E-state index is 6.21. The molecule has 1 N–H and O–H groups in total. The highest BCUT2D eigenvalue weighted by molar-refractivity contribution is 5.42. The Bertz CT molecular complexity index is 1050. The molecule has 0 aliphatic carbocycles. The number of ether oxygens (including phenoxy) is 1. The Balaban J connectivity index is 1.18. The maximum Gasteiger partial charge on any atom is 0.224 e. The van der Waals surface area contributed by atoms with E-state index in [-0.39, 0.29) is 0 Å². The van der Waals surface area contributed by atoms with Crippen LogP contribution in [0, 0.1) is 0 Å². The van der Waals surface area contributed by atoms with Crippen molar-refractivity contribution in [3.05, 3.63) is 78.0 Å². The summed E-state index contributed by atoms with van der Waals surface area (Å²) in [5, 5.41) is 3.54. The van der Waals surface area contributed by atoms with E-state index in [1.165, 1.54) is 49.7 Å². The average molecular weight is 472 g/mol. The number of anilines is 2. The molecule has 0 radical (unpaired) electrons. The van der Waals surface area contributed by atoms with Crippen molar-refractivity contribution in [1.29, 1.82) is 0 Å². The molecule has 2 fully saturated rings. The largest absolute Gasteiger partial charge is 0.489 e. The van der Waals surface area contributed by atoms with E-state index in [1.54, 1.807) is 0 Å². The highest BCUT2D eigenvalue weighted by Gasteiger charge is 2.25. The molecular formula is C29H37N5O. The smallest absolute Gasteiger partial charge is 0.224 e. The third-order valence-corrected chi connectivity index (χ3v) is 7.15. The van der Waals surface area contributed by atoms with Crippen LogP contribution in [0.25, 0.3) is 0 Å². The van der Waals surface area contributed by atoms with E-state index in [0.29, 0.717) is 12.6 Å². The Morgan fingerprint density at radius 3 is 2.51 bits per heavy atom. The summed E-state index contributed by atoms with van der Waals surface area (Å²) in [6, 6.07) is 21.3. The van der Waals surface area contributed by atoms with E-state index in [1.807, 2.05) is 18.3 Å². The number of nitrogens with zero attached hydrogens (tertiary/aromatic N) is 4. The van der Waals surface area contributed by atoms with Gasteiger partial charge in [0.1, 0.15) is 18.2 Å². The molecule has 0 bridgehead atoms. The molecule has 2 saturated heterocycles. The van der Waals surface area contributed by atoms with Gasteiger partial charge in [0.05, 0.1) is 0 Å². The molecule has 1 aromatic heterocycles. The SMILES string of the molecule is c1ccc(COc2ccccc2CN2CCCC2CNc2nccc(N3CCCCCC3)n2)cc1. The fraction of sp³-hybridized carbons (Fsp3) is 0.448. The van der Waals surface area contributed by atoms with E-state index in [2.05, 4.69) is 68.6 Å². The number of likely N-dealkylation sites (tertiary alicyclic amines) is 1. The lowest BCUT2D eigenvalue weighted by Crippen LogP contribution is -2.35. The van der Waals surface area contributed by atoms with Crippen molar-refractivity contribution in [2.75, 3.05) is 36.4 Å². The first-order chi connectivity index (χ1) is 17.3. The molecule has 2 aliphatic rings. The molecule has 0 spiro atoms. The van der Waals surface area contributed by atoms with Gasteiger partial charge in [0.15, 0.2) is 0 Å². The standard InChI is InChI=1S/C29H37N5O/c1-2-9-19-33(18-8-1)28-16-17-30-29(32-28)31-21-26-14-10-20-34(26)22-25-13-6-7-15-27(25)35-23-24-11-4-3-5-12-24/h3-7,11-13,15-17,26H,1-2,8-10,14,18-23H2,(H,30,31,32). The third-order valence-electron chi connectivity index (χ3n) is 7.15. The van der Waals surface area contributed by atoms with Crippen LogP contribution in [0.5, 0.6) is 5.75 Å². The van der Waals surface area contributed by atoms with Crippen molar-refractivity contribution in [1.82, 2.24) is 14.9 Å². The molecule has 2 aliphatic heterocycles. The second-order valence-corrected chi connectivity index (χ2v) is 9.67. The van der Waals surface area contributed by atoms with Gasteiger partial charge < -0.3 is 15.0 Å². The summed E-state index contributed by atoms with van der Waals surface area (Å²) in [5.41, 5.74) is 2.43. The van der Waals surface area contributed by atoms with E-state index in [9.17, 15) is 0 Å². The molecule has 1 unspecified atom stereocenters. The van der Waals surface area contributed by atoms with E-state index in [0.717, 1.165) is 50.2 Å². The van der Waals surface area contributed by atoms with Crippen LogP contribution in [0.2, 0.25) is 0 Å². The lowest BCUT2D eigenvalue weighted by atomic mass is 10.1. The number of rotatable bonds is 9. The van der Waals surface area contributed by atoms with Crippen molar-refractivity contribution in [3.8, 4) is 5.75 Å². The summed E-state index contributed by atoms with van der Waals surface area (Å²) in [4.78, 5) is 14.3. The van der Waals surface area contributed by atoms with Crippen LogP contribution in [0.15, 0.2) is 66.9 Å². The van der Waals surface area contributed by atoms with Crippen LogP contribution in [0.4, 0.5) is 11.8 Å². The molecule has 6 heteroatoms. The summed E-state index contributed by atoms with van der Waals surface area (Å²) in [5.74, 6) is 2.77. The first kappa shape index (κ1) is 23.6. The monoisotopic (exact) mass is 471 g/mol. The quantitative estimate of drug-likeness (QED) is 0.444. The molecule has 1 atom stereocenters. The van der Waals surface area contributed by atoms with Crippen LogP contribution in [-0.2, 0) is 13.2 Å². The average Bonchev–Trinajstić information content (AvgIpc) is 3.16. The first-order valence-electron chi connectivity index (χ1n) is 13.2. The number of para-hydroxylation sites is 1. The van der Waals surface area contributed by atoms with Crippen molar-refractivity contribution in [3.63, 3.8) is 0 Å². The highest BCUT2D eigenvalue weighted by Crippen LogP contribution is 2.26. The minimum atomic E-state index is 0.461. The van der Waals surface area contributed by atoms with Crippen LogP contribution in [-0.4, -0.2) is 47.1 Å². The molecule has 35 heavy (non-hydrogen) atoms. The Hall–Kier alpha value is -3.12. The summed E-state index contributed by atoms with van der Waals surface area (Å²) >= 11 is 0. The fourth-order valence-electron chi connectivity index (χ4n) is 5.18. The molecule has 2 aromatic carbocycles. The highest BCUT2D eigenvalue weighted by atomic mass is 16.5. The molecule has 0 amide bonds. The fourth-order valence-corrected chi connectivity index (χ4v) is 5.18. The number of aromatic nitrogens is 2. The molecule has 184 valence electrons. The molecule has 5 rings (SSSR count). The van der Waals surface area contributed by atoms with Crippen LogP contribution in [0.3, 0.4) is 0 Å². The number of nitrogens with one attached hydrogen (secondary N) is 1. The lowest BCUT2D eigenvalue weighted by Gasteiger charge is -2.26. The van der Waals surface area contributed by atoms with Crippen LogP contribution in [0.1, 0.15) is 49.7 Å². The Morgan fingerprint density at radius 2 is 1.66 bits per heavy atom. The second-order valence-electron chi connectivity index (χ2n) is 9.67. The topological polar surface area (TPSA) is 53.5 Å². The zero-order valence-electron chi connectivity index (χ0n) is 20.6. The first-order valence-corrected chi connectivity index (χ1v) is 13.2. The van der Waals surface area contributed by atoms with E-state index >= 15 is 0 Å². The normalized spacial score (nSPS) is 18.9. The summed E-state index contributed by atoms with van der Waals surface area (Å²) in [6.45, 7) is 5.64. The van der Waals surface area contributed by atoms with Gasteiger partial charge in [0.2, 0.25) is 5.95 Å². The Kier molecular flexibility index (Phi) is 8.11. The van der Waals surface area contributed by atoms with Gasteiger partial charge in [-0.05, 0) is 49.9 Å². The van der Waals surface area contributed by atoms with Gasteiger partial charge in [-0.3, -0.25) is 4.90 Å². The Labute approximate surface area is 209 Å². The molecule has 3 heterocycles. The molecule has 3 aromatic rings. The van der Waals surface area contributed by atoms with Crippen LogP contribution < -0.4 is 15.0 Å². The summed E-state index contributed by atoms with van der Waals surface area (Å²) in [7, 11) is 0. The number of hydrogen-bond donors (Lipinski definition) is 1. The maximum atomic E-state index is 6.21. The van der Waals surface area contributed by atoms with Gasteiger partial charge in [0, 0.05) is 44.0 Å². The zero-order chi connectivity index (χ0) is 23.7. The van der Waals surface area contributed by atoms with Crippen molar-refractivity contribution >= 4 is 11.8 Å². The number of hydrogen-bond acceptors (Lipinski definition) is 6. The van der Waals surface area contributed by atoms with Gasteiger partial charge in [-0.1, -0.05) is 61.4 Å². The lowest BCUT2D eigenvalue weighted by molar-refractivity contribution is 0.243. The number of benzene rings is 2. The van der Waals surface area contributed by atoms with Gasteiger partial charge in [-0.15, -0.1) is 0 Å². The second kappa shape index (κ2) is 12.0. The van der Waals surface area contributed by atoms with Gasteiger partial charge in [0.25, 0.3) is 0 Å². The minimum Gasteiger partial charge on any atom is -0.489 e. The zero-order valence-corrected chi connectivity index (χ0v) is 20.6.